The van der Waals surface area contributed by atoms with Gasteiger partial charge in [0.1, 0.15) is 0 Å². The maximum atomic E-state index is 3.87. The molecule has 1 aliphatic carbocycles. The van der Waals surface area contributed by atoms with E-state index < -0.39 is 0 Å². The number of allylic oxidation sites excluding steroid dienone is 4. The van der Waals surface area contributed by atoms with E-state index in [9.17, 15) is 0 Å². The minimum atomic E-state index is 1.05. The van der Waals surface area contributed by atoms with Gasteiger partial charge in [0.05, 0.1) is 0 Å². The van der Waals surface area contributed by atoms with Crippen molar-refractivity contribution in [1.82, 2.24) is 0 Å². The number of hydrogen-bond donors (Lipinski definition) is 0. The maximum absolute atomic E-state index is 3.87. The zero-order chi connectivity index (χ0) is 8.97. The van der Waals surface area contributed by atoms with Gasteiger partial charge in [-0.25, -0.2) is 0 Å². The molecule has 0 unspecified atom stereocenters. The molecule has 0 bridgehead atoms. The molecule has 5 radical (unpaired) electrons. The Morgan fingerprint density at radius 2 is 1.92 bits per heavy atom. The molecule has 12 heavy (non-hydrogen) atoms. The van der Waals surface area contributed by atoms with Crippen molar-refractivity contribution in [2.45, 2.75) is 6.92 Å². The highest BCUT2D eigenvalue weighted by Crippen LogP contribution is 2.26. The summed E-state index contributed by atoms with van der Waals surface area (Å²) in [7, 11) is 0. The Balaban J connectivity index is 2.62. The predicted octanol–water partition coefficient (Wildman–Crippen LogP) is 3.08. The van der Waals surface area contributed by atoms with Crippen molar-refractivity contribution in [1.29, 1.82) is 0 Å². The van der Waals surface area contributed by atoms with Gasteiger partial charge in [-0.1, -0.05) is 30.9 Å². The Bertz CT molecular complexity index is 202. The summed E-state index contributed by atoms with van der Waals surface area (Å²) >= 11 is 0. The van der Waals surface area contributed by atoms with Gasteiger partial charge in [0.2, 0.25) is 0 Å². The van der Waals surface area contributed by atoms with E-state index in [4.69, 9.17) is 0 Å². The number of hydrogen-bond acceptors (Lipinski definition) is 0. The van der Waals surface area contributed by atoms with Crippen LogP contribution in [-0.2, 0) is 0 Å². The van der Waals surface area contributed by atoms with Gasteiger partial charge < -0.3 is 0 Å². The van der Waals surface area contributed by atoms with Crippen LogP contribution in [-0.4, -0.2) is 0 Å². The highest BCUT2D eigenvalue weighted by molar-refractivity contribution is 5.49. The van der Waals surface area contributed by atoms with Crippen molar-refractivity contribution in [2.75, 3.05) is 0 Å². The molecule has 0 aromatic carbocycles. The van der Waals surface area contributed by atoms with Crippen molar-refractivity contribution >= 4 is 0 Å². The molecule has 1 aliphatic rings. The van der Waals surface area contributed by atoms with Crippen molar-refractivity contribution < 1.29 is 0 Å². The Morgan fingerprint density at radius 1 is 1.33 bits per heavy atom. The van der Waals surface area contributed by atoms with Crippen LogP contribution in [0.1, 0.15) is 6.92 Å². The van der Waals surface area contributed by atoms with Gasteiger partial charge in [-0.05, 0) is 38.2 Å². The zero-order valence-electron chi connectivity index (χ0n) is 7.38. The first-order valence-electron chi connectivity index (χ1n) is 3.96. The lowest BCUT2D eigenvalue weighted by Crippen LogP contribution is -1.89. The lowest BCUT2D eigenvalue weighted by molar-refractivity contribution is 1.33. The minimum absolute atomic E-state index is 1.05. The summed E-state index contributed by atoms with van der Waals surface area (Å²) in [6.45, 7) is 9.58. The molecule has 1 fully saturated rings. The molecule has 0 saturated heterocycles. The van der Waals surface area contributed by atoms with Crippen molar-refractivity contribution in [3.8, 4) is 0 Å². The predicted molar refractivity (Wildman–Crippen MR) is 53.5 cm³/mol. The summed E-state index contributed by atoms with van der Waals surface area (Å²) in [6, 6.07) is 0. The SMILES string of the molecule is C=C/C(=C/[C]1[CH][CH][CH][CH]1)C(=C)C. The first-order chi connectivity index (χ1) is 5.74. The van der Waals surface area contributed by atoms with Crippen LogP contribution >= 0.6 is 0 Å². The van der Waals surface area contributed by atoms with E-state index in [2.05, 4.69) is 32.1 Å². The molecule has 0 nitrogen and oxygen atoms in total. The Kier molecular flexibility index (Phi) is 3.33. The molecular weight excluding hydrogens is 144 g/mol. The van der Waals surface area contributed by atoms with Gasteiger partial charge in [0.25, 0.3) is 0 Å². The zero-order valence-corrected chi connectivity index (χ0v) is 7.38. The van der Waals surface area contributed by atoms with Gasteiger partial charge in [0, 0.05) is 5.92 Å². The molecule has 0 heterocycles. The van der Waals surface area contributed by atoms with Crippen LogP contribution in [0.15, 0.2) is 36.5 Å². The summed E-state index contributed by atoms with van der Waals surface area (Å²) in [4.78, 5) is 0. The largest absolute Gasteiger partial charge is 0.0985 e. The van der Waals surface area contributed by atoms with Crippen LogP contribution in [0, 0.1) is 31.6 Å². The molecular formula is C12H13. The normalized spacial score (nSPS) is 19.6. The summed E-state index contributed by atoms with van der Waals surface area (Å²) in [5, 5.41) is 0. The second kappa shape index (κ2) is 4.30. The molecule has 1 saturated carbocycles. The van der Waals surface area contributed by atoms with Crippen molar-refractivity contribution in [3.63, 3.8) is 0 Å². The van der Waals surface area contributed by atoms with Crippen molar-refractivity contribution in [2.24, 2.45) is 0 Å². The molecule has 61 valence electrons. The monoisotopic (exact) mass is 157 g/mol. The topological polar surface area (TPSA) is 0 Å². The second-order valence-corrected chi connectivity index (χ2v) is 2.80. The van der Waals surface area contributed by atoms with E-state index in [-0.39, 0.29) is 0 Å². The van der Waals surface area contributed by atoms with E-state index in [1.165, 1.54) is 5.92 Å². The third-order valence-corrected chi connectivity index (χ3v) is 1.72. The van der Waals surface area contributed by atoms with Crippen LogP contribution in [0.4, 0.5) is 0 Å². The Labute approximate surface area is 75.7 Å². The Hall–Kier alpha value is -0.780. The lowest BCUT2D eigenvalue weighted by atomic mass is 10.0. The highest BCUT2D eigenvalue weighted by atomic mass is 14.2. The highest BCUT2D eigenvalue weighted by Gasteiger charge is 2.14. The van der Waals surface area contributed by atoms with Crippen LogP contribution in [0.5, 0.6) is 0 Å². The molecule has 0 aromatic rings. The minimum Gasteiger partial charge on any atom is -0.0985 e. The molecule has 0 N–H and O–H groups in total. The van der Waals surface area contributed by atoms with Gasteiger partial charge in [-0.3, -0.25) is 0 Å². The van der Waals surface area contributed by atoms with E-state index >= 15 is 0 Å². The third-order valence-electron chi connectivity index (χ3n) is 1.72. The molecule has 0 heteroatoms. The molecule has 0 atom stereocenters. The molecule has 0 amide bonds. The molecule has 0 aliphatic heterocycles. The summed E-state index contributed by atoms with van der Waals surface area (Å²) in [5.41, 5.74) is 2.15. The van der Waals surface area contributed by atoms with Gasteiger partial charge >= 0.3 is 0 Å². The van der Waals surface area contributed by atoms with E-state index in [0.717, 1.165) is 11.1 Å². The number of rotatable bonds is 3. The van der Waals surface area contributed by atoms with Crippen molar-refractivity contribution in [3.05, 3.63) is 68.1 Å². The Morgan fingerprint density at radius 3 is 2.33 bits per heavy atom. The smallest absolute Gasteiger partial charge is 0.00561 e. The lowest BCUT2D eigenvalue weighted by Gasteiger charge is -2.04. The quantitative estimate of drug-likeness (QED) is 0.552. The second-order valence-electron chi connectivity index (χ2n) is 2.80. The maximum Gasteiger partial charge on any atom is 0.00561 e. The average Bonchev–Trinajstić information content (AvgIpc) is 2.51. The fraction of sp³-hybridized carbons (Fsp3) is 0.0833. The van der Waals surface area contributed by atoms with Gasteiger partial charge in [0.15, 0.2) is 0 Å². The molecule has 1 rings (SSSR count). The summed E-state index contributed by atoms with van der Waals surface area (Å²) in [5.74, 6) is 1.20. The van der Waals surface area contributed by atoms with E-state index in [1.807, 2.05) is 25.8 Å². The third kappa shape index (κ3) is 2.37. The first kappa shape index (κ1) is 9.31. The average molecular weight is 157 g/mol. The first-order valence-corrected chi connectivity index (χ1v) is 3.96. The standard InChI is InChI=1S/C12H13/c1-4-12(10(2)3)9-11-7-5-6-8-11/h4-9H,1-2H2,3H3/b12-9-. The fourth-order valence-electron chi connectivity index (χ4n) is 1.02. The van der Waals surface area contributed by atoms with Crippen LogP contribution in [0.3, 0.4) is 0 Å². The summed E-state index contributed by atoms with van der Waals surface area (Å²) in [6.07, 6.45) is 12.1. The molecule has 0 spiro atoms. The van der Waals surface area contributed by atoms with E-state index in [1.54, 1.807) is 0 Å². The van der Waals surface area contributed by atoms with Crippen LogP contribution in [0.2, 0.25) is 0 Å². The van der Waals surface area contributed by atoms with Gasteiger partial charge in [-0.15, -0.1) is 0 Å². The van der Waals surface area contributed by atoms with Gasteiger partial charge in [-0.2, -0.15) is 0 Å². The molecule has 0 aromatic heterocycles. The van der Waals surface area contributed by atoms with Crippen LogP contribution in [0.25, 0.3) is 0 Å². The summed E-state index contributed by atoms with van der Waals surface area (Å²) < 4.78 is 0. The van der Waals surface area contributed by atoms with E-state index in [0.29, 0.717) is 0 Å². The van der Waals surface area contributed by atoms with Crippen LogP contribution < -0.4 is 0 Å². The fourth-order valence-corrected chi connectivity index (χ4v) is 1.02.